The number of fused-ring (bicyclic) bond motifs is 2. The molecular weight excluding hydrogens is 356 g/mol. The number of carbonyl (C=O) groups is 1. The number of aromatic nitrogens is 3. The fourth-order valence-electron chi connectivity index (χ4n) is 3.16. The second-order valence-corrected chi connectivity index (χ2v) is 6.51. The summed E-state index contributed by atoms with van der Waals surface area (Å²) >= 11 is 0. The van der Waals surface area contributed by atoms with Crippen molar-refractivity contribution in [2.45, 2.75) is 6.92 Å². The van der Waals surface area contributed by atoms with Crippen molar-refractivity contribution in [3.63, 3.8) is 0 Å². The van der Waals surface area contributed by atoms with Gasteiger partial charge in [-0.3, -0.25) is 4.79 Å². The zero-order valence-electron chi connectivity index (χ0n) is 15.0. The molecule has 28 heavy (non-hydrogen) atoms. The first-order valence-electron chi connectivity index (χ1n) is 8.80. The molecule has 7 nitrogen and oxygen atoms in total. The number of nitrogens with one attached hydrogen (secondary N) is 1. The molecule has 1 N–H and O–H groups in total. The van der Waals surface area contributed by atoms with Crippen molar-refractivity contribution in [1.29, 1.82) is 0 Å². The van der Waals surface area contributed by atoms with Gasteiger partial charge in [0.05, 0.1) is 11.9 Å². The number of rotatable bonds is 3. The molecule has 2 aromatic carbocycles. The van der Waals surface area contributed by atoms with Gasteiger partial charge in [-0.05, 0) is 43.3 Å². The Morgan fingerprint density at radius 3 is 2.75 bits per heavy atom. The third-order valence-corrected chi connectivity index (χ3v) is 4.62. The molecule has 1 aliphatic heterocycles. The summed E-state index contributed by atoms with van der Waals surface area (Å²) in [6, 6.07) is 15.1. The SMILES string of the molecule is Cc1ccc(NC(=O)c2cnn3c(-c4ccc5c(c4)OCO5)ccnc23)cc1. The van der Waals surface area contributed by atoms with Crippen molar-refractivity contribution in [2.24, 2.45) is 0 Å². The lowest BCUT2D eigenvalue weighted by molar-refractivity contribution is 0.102. The molecule has 0 saturated carbocycles. The molecule has 4 aromatic rings. The molecule has 0 saturated heterocycles. The quantitative estimate of drug-likeness (QED) is 0.593. The van der Waals surface area contributed by atoms with Gasteiger partial charge < -0.3 is 14.8 Å². The van der Waals surface area contributed by atoms with E-state index in [4.69, 9.17) is 9.47 Å². The zero-order valence-corrected chi connectivity index (χ0v) is 15.0. The summed E-state index contributed by atoms with van der Waals surface area (Å²) in [7, 11) is 0. The molecule has 1 aliphatic rings. The first-order valence-corrected chi connectivity index (χ1v) is 8.80. The van der Waals surface area contributed by atoms with Gasteiger partial charge in [-0.2, -0.15) is 5.10 Å². The standard InChI is InChI=1S/C21H16N4O3/c1-13-2-5-15(6-3-13)24-21(26)16-11-23-25-17(8-9-22-20(16)25)14-4-7-18-19(10-14)28-12-27-18/h2-11H,12H2,1H3,(H,24,26). The molecule has 1 amide bonds. The average molecular weight is 372 g/mol. The lowest BCUT2D eigenvalue weighted by Crippen LogP contribution is -2.12. The van der Waals surface area contributed by atoms with Gasteiger partial charge >= 0.3 is 0 Å². The summed E-state index contributed by atoms with van der Waals surface area (Å²) in [5, 5.41) is 7.27. The zero-order chi connectivity index (χ0) is 19.1. The molecule has 7 heteroatoms. The number of ether oxygens (including phenoxy) is 2. The maximum absolute atomic E-state index is 12.7. The van der Waals surface area contributed by atoms with E-state index in [2.05, 4.69) is 15.4 Å². The van der Waals surface area contributed by atoms with Gasteiger partial charge in [-0.1, -0.05) is 17.7 Å². The van der Waals surface area contributed by atoms with Crippen LogP contribution in [0.2, 0.25) is 0 Å². The Balaban J connectivity index is 1.52. The Labute approximate surface area is 160 Å². The summed E-state index contributed by atoms with van der Waals surface area (Å²) in [6.45, 7) is 2.22. The van der Waals surface area contributed by atoms with Crippen molar-refractivity contribution in [3.05, 3.63) is 72.1 Å². The smallest absolute Gasteiger partial charge is 0.261 e. The highest BCUT2D eigenvalue weighted by molar-refractivity contribution is 6.08. The van der Waals surface area contributed by atoms with Crippen molar-refractivity contribution >= 4 is 17.2 Å². The second kappa shape index (κ2) is 6.38. The van der Waals surface area contributed by atoms with Crippen LogP contribution in [0, 0.1) is 6.92 Å². The Kier molecular flexibility index (Phi) is 3.72. The summed E-state index contributed by atoms with van der Waals surface area (Å²) in [5.41, 5.74) is 4.44. The van der Waals surface area contributed by atoms with Crippen LogP contribution in [0.15, 0.2) is 60.9 Å². The normalized spacial score (nSPS) is 12.3. The number of hydrogen-bond acceptors (Lipinski definition) is 5. The molecule has 2 aromatic heterocycles. The molecule has 3 heterocycles. The third-order valence-electron chi connectivity index (χ3n) is 4.62. The van der Waals surface area contributed by atoms with Crippen molar-refractivity contribution in [2.75, 3.05) is 12.1 Å². The number of hydrogen-bond donors (Lipinski definition) is 1. The Morgan fingerprint density at radius 1 is 1.07 bits per heavy atom. The summed E-state index contributed by atoms with van der Waals surface area (Å²) in [4.78, 5) is 17.1. The van der Waals surface area contributed by atoms with Gasteiger partial charge in [0.1, 0.15) is 5.56 Å². The van der Waals surface area contributed by atoms with E-state index >= 15 is 0 Å². The van der Waals surface area contributed by atoms with Crippen molar-refractivity contribution in [1.82, 2.24) is 14.6 Å². The van der Waals surface area contributed by atoms with Gasteiger partial charge in [-0.25, -0.2) is 9.50 Å². The fourth-order valence-corrected chi connectivity index (χ4v) is 3.16. The molecule has 5 rings (SSSR count). The van der Waals surface area contributed by atoms with Crippen LogP contribution in [-0.4, -0.2) is 27.3 Å². The van der Waals surface area contributed by atoms with Crippen LogP contribution in [-0.2, 0) is 0 Å². The predicted molar refractivity (Wildman–Crippen MR) is 104 cm³/mol. The van der Waals surface area contributed by atoms with Crippen molar-refractivity contribution < 1.29 is 14.3 Å². The van der Waals surface area contributed by atoms with Gasteiger partial charge in [0, 0.05) is 17.4 Å². The van der Waals surface area contributed by atoms with E-state index in [9.17, 15) is 4.79 Å². The largest absolute Gasteiger partial charge is 0.454 e. The molecule has 0 fully saturated rings. The van der Waals surface area contributed by atoms with Gasteiger partial charge in [0.25, 0.3) is 5.91 Å². The van der Waals surface area contributed by atoms with E-state index in [0.717, 1.165) is 22.5 Å². The fraction of sp³-hybridized carbons (Fsp3) is 0.0952. The predicted octanol–water partition coefficient (Wildman–Crippen LogP) is 3.69. The van der Waals surface area contributed by atoms with Crippen LogP contribution in [0.1, 0.15) is 15.9 Å². The molecule has 0 radical (unpaired) electrons. The molecule has 0 aliphatic carbocycles. The minimum Gasteiger partial charge on any atom is -0.454 e. The Hall–Kier alpha value is -3.87. The molecule has 0 unspecified atom stereocenters. The van der Waals surface area contributed by atoms with E-state index in [1.54, 1.807) is 10.7 Å². The number of anilines is 1. The molecule has 0 spiro atoms. The highest BCUT2D eigenvalue weighted by Crippen LogP contribution is 2.35. The van der Waals surface area contributed by atoms with E-state index in [-0.39, 0.29) is 12.7 Å². The minimum absolute atomic E-state index is 0.218. The maximum atomic E-state index is 12.7. The van der Waals surface area contributed by atoms with E-state index < -0.39 is 0 Å². The third kappa shape index (κ3) is 2.73. The number of amides is 1. The molecule has 0 atom stereocenters. The Morgan fingerprint density at radius 2 is 1.89 bits per heavy atom. The maximum Gasteiger partial charge on any atom is 0.261 e. The van der Waals surface area contributed by atoms with E-state index in [0.29, 0.717) is 22.7 Å². The first-order chi connectivity index (χ1) is 13.7. The summed E-state index contributed by atoms with van der Waals surface area (Å²) in [5.74, 6) is 1.15. The molecular formula is C21H16N4O3. The average Bonchev–Trinajstić information content (AvgIpc) is 3.35. The number of carbonyl (C=O) groups excluding carboxylic acids is 1. The highest BCUT2D eigenvalue weighted by atomic mass is 16.7. The first kappa shape index (κ1) is 16.3. The summed E-state index contributed by atoms with van der Waals surface area (Å²) < 4.78 is 12.5. The van der Waals surface area contributed by atoms with Crippen LogP contribution < -0.4 is 14.8 Å². The summed E-state index contributed by atoms with van der Waals surface area (Å²) in [6.07, 6.45) is 3.20. The van der Waals surface area contributed by atoms with E-state index in [1.165, 1.54) is 6.20 Å². The Bertz CT molecular complexity index is 1200. The number of benzene rings is 2. The van der Waals surface area contributed by atoms with Gasteiger partial charge in [-0.15, -0.1) is 0 Å². The minimum atomic E-state index is -0.255. The number of aryl methyl sites for hydroxylation is 1. The monoisotopic (exact) mass is 372 g/mol. The van der Waals surface area contributed by atoms with Crippen LogP contribution in [0.25, 0.3) is 16.9 Å². The second-order valence-electron chi connectivity index (χ2n) is 6.51. The van der Waals surface area contributed by atoms with E-state index in [1.807, 2.05) is 55.5 Å². The number of nitrogens with zero attached hydrogens (tertiary/aromatic N) is 3. The van der Waals surface area contributed by atoms with Crippen LogP contribution in [0.3, 0.4) is 0 Å². The lowest BCUT2D eigenvalue weighted by atomic mass is 10.1. The molecule has 138 valence electrons. The molecule has 0 bridgehead atoms. The highest BCUT2D eigenvalue weighted by Gasteiger charge is 2.18. The lowest BCUT2D eigenvalue weighted by Gasteiger charge is -2.07. The van der Waals surface area contributed by atoms with Gasteiger partial charge in [0.2, 0.25) is 6.79 Å². The van der Waals surface area contributed by atoms with Crippen LogP contribution >= 0.6 is 0 Å². The van der Waals surface area contributed by atoms with Crippen LogP contribution in [0.4, 0.5) is 5.69 Å². The van der Waals surface area contributed by atoms with Crippen LogP contribution in [0.5, 0.6) is 11.5 Å². The topological polar surface area (TPSA) is 77.8 Å². The van der Waals surface area contributed by atoms with Crippen molar-refractivity contribution in [3.8, 4) is 22.8 Å². The van der Waals surface area contributed by atoms with Gasteiger partial charge in [0.15, 0.2) is 17.1 Å².